The van der Waals surface area contributed by atoms with Gasteiger partial charge in [0.25, 0.3) is 0 Å². The van der Waals surface area contributed by atoms with Crippen LogP contribution in [0.4, 0.5) is 0 Å². The molecule has 0 spiro atoms. The van der Waals surface area contributed by atoms with E-state index in [1.807, 2.05) is 12.1 Å². The van der Waals surface area contributed by atoms with E-state index >= 15 is 0 Å². The maximum absolute atomic E-state index is 11.6. The number of benzene rings is 3. The summed E-state index contributed by atoms with van der Waals surface area (Å²) >= 11 is 0. The smallest absolute Gasteiger partial charge is 0.160 e. The van der Waals surface area contributed by atoms with E-state index < -0.39 is 0 Å². The van der Waals surface area contributed by atoms with E-state index in [1.165, 1.54) is 16.2 Å². The maximum atomic E-state index is 11.6. The Morgan fingerprint density at radius 1 is 0.905 bits per heavy atom. The summed E-state index contributed by atoms with van der Waals surface area (Å²) in [6.45, 7) is 0. The highest BCUT2D eigenvalue weighted by molar-refractivity contribution is 6.11. The van der Waals surface area contributed by atoms with Gasteiger partial charge >= 0.3 is 0 Å². The van der Waals surface area contributed by atoms with Crippen molar-refractivity contribution in [2.24, 2.45) is 0 Å². The van der Waals surface area contributed by atoms with Crippen LogP contribution in [0.15, 0.2) is 42.5 Å². The predicted molar refractivity (Wildman–Crippen MR) is 85.8 cm³/mol. The van der Waals surface area contributed by atoms with E-state index in [1.54, 1.807) is 13.2 Å². The molecule has 0 amide bonds. The third-order valence-electron chi connectivity index (χ3n) is 4.09. The Hall–Kier alpha value is -2.61. The maximum Gasteiger partial charge on any atom is 0.160 e. The minimum atomic E-state index is 0.171. The minimum absolute atomic E-state index is 0.171. The third kappa shape index (κ3) is 1.91. The number of rotatable bonds is 1. The Morgan fingerprint density at radius 2 is 1.67 bits per heavy atom. The Balaban J connectivity index is 2.16. The molecule has 0 fully saturated rings. The molecule has 1 aliphatic carbocycles. The van der Waals surface area contributed by atoms with Gasteiger partial charge in [0.05, 0.1) is 7.11 Å². The number of carbonyl (C=O) groups is 1. The van der Waals surface area contributed by atoms with Gasteiger partial charge in [-0.05, 0) is 62.3 Å². The molecule has 4 rings (SSSR count). The molecule has 0 aliphatic heterocycles. The number of methoxy groups -OCH3 is 1. The molecule has 0 heterocycles. The average molecular weight is 274 g/mol. The van der Waals surface area contributed by atoms with Crippen LogP contribution in [0.2, 0.25) is 0 Å². The molecule has 0 saturated carbocycles. The largest absolute Gasteiger partial charge is 0.497 e. The summed E-state index contributed by atoms with van der Waals surface area (Å²) in [4.78, 5) is 11.6. The van der Waals surface area contributed by atoms with E-state index in [0.717, 1.165) is 21.6 Å². The zero-order valence-corrected chi connectivity index (χ0v) is 11.7. The van der Waals surface area contributed by atoms with Gasteiger partial charge in [-0.15, -0.1) is 0 Å². The standard InChI is InChI=1S/C19H14O2/c1-21-17-7-5-12-2-3-14-8-15-9-16(20)6-4-13(15)10-18(14)19(12)11-17/h2-5,7-11H,6H2,1H3. The number of fused-ring (bicyclic) bond motifs is 4. The molecule has 21 heavy (non-hydrogen) atoms. The minimum Gasteiger partial charge on any atom is -0.497 e. The summed E-state index contributed by atoms with van der Waals surface area (Å²) in [6, 6.07) is 14.6. The van der Waals surface area contributed by atoms with E-state index in [-0.39, 0.29) is 5.78 Å². The SMILES string of the molecule is COc1ccc2ccc3cc4c(cc3c2c1)=CCC(=O)C=4. The first-order valence-corrected chi connectivity index (χ1v) is 7.00. The lowest BCUT2D eigenvalue weighted by atomic mass is 9.97. The number of ether oxygens (including phenoxy) is 1. The molecule has 0 radical (unpaired) electrons. The lowest BCUT2D eigenvalue weighted by Gasteiger charge is -2.08. The van der Waals surface area contributed by atoms with Crippen molar-refractivity contribution >= 4 is 39.5 Å². The predicted octanol–water partition coefficient (Wildman–Crippen LogP) is 2.54. The molecule has 0 saturated heterocycles. The quantitative estimate of drug-likeness (QED) is 0.637. The Labute approximate surface area is 122 Å². The van der Waals surface area contributed by atoms with Crippen LogP contribution in [0.3, 0.4) is 0 Å². The van der Waals surface area contributed by atoms with Gasteiger partial charge < -0.3 is 4.74 Å². The van der Waals surface area contributed by atoms with Crippen molar-refractivity contribution < 1.29 is 9.53 Å². The van der Waals surface area contributed by atoms with E-state index in [0.29, 0.717) is 6.42 Å². The molecular formula is C19H14O2. The van der Waals surface area contributed by atoms with Crippen LogP contribution in [0.5, 0.6) is 5.75 Å². The normalized spacial score (nSPS) is 13.7. The zero-order valence-electron chi connectivity index (χ0n) is 11.7. The molecule has 0 atom stereocenters. The second kappa shape index (κ2) is 4.45. The van der Waals surface area contributed by atoms with Gasteiger partial charge in [-0.2, -0.15) is 0 Å². The van der Waals surface area contributed by atoms with Crippen LogP contribution in [-0.2, 0) is 4.79 Å². The number of hydrogen-bond acceptors (Lipinski definition) is 2. The van der Waals surface area contributed by atoms with Crippen molar-refractivity contribution in [1.29, 1.82) is 0 Å². The van der Waals surface area contributed by atoms with Crippen molar-refractivity contribution in [3.63, 3.8) is 0 Å². The molecular weight excluding hydrogens is 260 g/mol. The van der Waals surface area contributed by atoms with Crippen LogP contribution < -0.4 is 15.2 Å². The van der Waals surface area contributed by atoms with Gasteiger partial charge in [-0.25, -0.2) is 0 Å². The summed E-state index contributed by atoms with van der Waals surface area (Å²) in [5.74, 6) is 1.03. The fourth-order valence-corrected chi connectivity index (χ4v) is 2.99. The highest BCUT2D eigenvalue weighted by Gasteiger charge is 2.06. The van der Waals surface area contributed by atoms with Gasteiger partial charge in [0, 0.05) is 6.42 Å². The van der Waals surface area contributed by atoms with Crippen LogP contribution in [0, 0.1) is 0 Å². The van der Waals surface area contributed by atoms with Crippen molar-refractivity contribution in [3.8, 4) is 5.75 Å². The number of ketones is 1. The summed E-state index contributed by atoms with van der Waals surface area (Å²) in [5.41, 5.74) is 0. The van der Waals surface area contributed by atoms with Crippen LogP contribution in [0.25, 0.3) is 33.7 Å². The van der Waals surface area contributed by atoms with E-state index in [2.05, 4.69) is 36.4 Å². The number of hydrogen-bond donors (Lipinski definition) is 0. The van der Waals surface area contributed by atoms with Crippen molar-refractivity contribution in [2.45, 2.75) is 6.42 Å². The molecule has 3 aromatic carbocycles. The lowest BCUT2D eigenvalue weighted by molar-refractivity contribution is -0.112. The molecule has 3 aromatic rings. The molecule has 0 bridgehead atoms. The van der Waals surface area contributed by atoms with Crippen LogP contribution >= 0.6 is 0 Å². The lowest BCUT2D eigenvalue weighted by Crippen LogP contribution is -2.28. The van der Waals surface area contributed by atoms with E-state index in [4.69, 9.17) is 4.74 Å². The number of Topliss-reactive ketones (excluding diaryl/α,β-unsaturated/α-hetero) is 1. The van der Waals surface area contributed by atoms with Gasteiger partial charge in [0.1, 0.15) is 5.75 Å². The second-order valence-corrected chi connectivity index (χ2v) is 5.37. The Kier molecular flexibility index (Phi) is 2.58. The number of carbonyl (C=O) groups excluding carboxylic acids is 1. The topological polar surface area (TPSA) is 26.3 Å². The fourth-order valence-electron chi connectivity index (χ4n) is 2.99. The van der Waals surface area contributed by atoms with Crippen molar-refractivity contribution in [2.75, 3.05) is 7.11 Å². The van der Waals surface area contributed by atoms with Gasteiger partial charge in [0.15, 0.2) is 5.78 Å². The van der Waals surface area contributed by atoms with Gasteiger partial charge in [0.2, 0.25) is 0 Å². The molecule has 102 valence electrons. The molecule has 1 aliphatic rings. The molecule has 2 nitrogen and oxygen atoms in total. The summed E-state index contributed by atoms with van der Waals surface area (Å²) in [7, 11) is 1.68. The van der Waals surface area contributed by atoms with E-state index in [9.17, 15) is 4.79 Å². The first kappa shape index (κ1) is 12.2. The first-order valence-electron chi connectivity index (χ1n) is 7.00. The summed E-state index contributed by atoms with van der Waals surface area (Å²) < 4.78 is 5.34. The van der Waals surface area contributed by atoms with Crippen molar-refractivity contribution in [1.82, 2.24) is 0 Å². The summed E-state index contributed by atoms with van der Waals surface area (Å²) in [6.07, 6.45) is 4.24. The summed E-state index contributed by atoms with van der Waals surface area (Å²) in [5, 5.41) is 6.87. The van der Waals surface area contributed by atoms with Gasteiger partial charge in [-0.3, -0.25) is 4.79 Å². The van der Waals surface area contributed by atoms with Crippen LogP contribution in [-0.4, -0.2) is 12.9 Å². The highest BCUT2D eigenvalue weighted by Crippen LogP contribution is 2.27. The molecule has 0 unspecified atom stereocenters. The highest BCUT2D eigenvalue weighted by atomic mass is 16.5. The Bertz CT molecular complexity index is 1010. The van der Waals surface area contributed by atoms with Crippen molar-refractivity contribution in [3.05, 3.63) is 52.9 Å². The average Bonchev–Trinajstić information content (AvgIpc) is 2.52. The monoisotopic (exact) mass is 274 g/mol. The molecule has 0 N–H and O–H groups in total. The zero-order chi connectivity index (χ0) is 14.4. The first-order chi connectivity index (χ1) is 10.2. The third-order valence-corrected chi connectivity index (χ3v) is 4.09. The van der Waals surface area contributed by atoms with Gasteiger partial charge in [-0.1, -0.05) is 24.3 Å². The fraction of sp³-hybridized carbons (Fsp3) is 0.105. The molecule has 2 heteroatoms. The van der Waals surface area contributed by atoms with Crippen LogP contribution in [0.1, 0.15) is 6.42 Å². The Morgan fingerprint density at radius 3 is 2.52 bits per heavy atom. The second-order valence-electron chi connectivity index (χ2n) is 5.37. The molecule has 0 aromatic heterocycles.